The van der Waals surface area contributed by atoms with Gasteiger partial charge in [0, 0.05) is 11.9 Å². The maximum Gasteiger partial charge on any atom is 0.335 e. The van der Waals surface area contributed by atoms with Crippen LogP contribution in [0.3, 0.4) is 0 Å². The number of hydrogen-bond donors (Lipinski definition) is 2. The molecule has 2 N–H and O–H groups in total. The van der Waals surface area contributed by atoms with Crippen LogP contribution in [0.15, 0.2) is 30.5 Å². The van der Waals surface area contributed by atoms with E-state index in [0.717, 1.165) is 29.8 Å². The summed E-state index contributed by atoms with van der Waals surface area (Å²) in [6, 6.07) is 7.07. The number of aryl methyl sites for hydroxylation is 2. The standard InChI is InChI=1S/C16H19N3O2/c1-3-5-13-8-12(16(20)21)9-15(19-13)18-10-14-11(2)6-4-7-17-14/h4,6-9H,3,5,10H2,1-2H3,(H,18,19)(H,20,21). The van der Waals surface area contributed by atoms with Crippen LogP contribution in [0.1, 0.15) is 40.7 Å². The Labute approximate surface area is 124 Å². The highest BCUT2D eigenvalue weighted by Gasteiger charge is 2.08. The Kier molecular flexibility index (Phi) is 4.87. The van der Waals surface area contributed by atoms with Crippen molar-refractivity contribution >= 4 is 11.8 Å². The number of anilines is 1. The number of pyridine rings is 2. The average molecular weight is 285 g/mol. The molecule has 2 rings (SSSR count). The molecule has 0 aliphatic rings. The Bertz CT molecular complexity index is 641. The molecule has 0 saturated heterocycles. The molecule has 5 nitrogen and oxygen atoms in total. The van der Waals surface area contributed by atoms with Crippen LogP contribution in [0, 0.1) is 6.92 Å². The molecule has 0 aliphatic heterocycles. The molecular weight excluding hydrogens is 266 g/mol. The molecule has 0 atom stereocenters. The van der Waals surface area contributed by atoms with Crippen LogP contribution < -0.4 is 5.32 Å². The third-order valence-corrected chi connectivity index (χ3v) is 3.19. The number of rotatable bonds is 6. The molecule has 110 valence electrons. The smallest absolute Gasteiger partial charge is 0.335 e. The second kappa shape index (κ2) is 6.83. The predicted octanol–water partition coefficient (Wildman–Crippen LogP) is 3.05. The maximum absolute atomic E-state index is 11.2. The van der Waals surface area contributed by atoms with Crippen molar-refractivity contribution in [2.45, 2.75) is 33.2 Å². The molecule has 0 aromatic carbocycles. The van der Waals surface area contributed by atoms with Crippen LogP contribution in [-0.2, 0) is 13.0 Å². The summed E-state index contributed by atoms with van der Waals surface area (Å²) < 4.78 is 0. The highest BCUT2D eigenvalue weighted by atomic mass is 16.4. The molecule has 0 aliphatic carbocycles. The minimum Gasteiger partial charge on any atom is -0.478 e. The summed E-state index contributed by atoms with van der Waals surface area (Å²) in [5.74, 6) is -0.366. The van der Waals surface area contributed by atoms with Gasteiger partial charge in [-0.05, 0) is 37.1 Å². The van der Waals surface area contributed by atoms with Crippen LogP contribution in [0.4, 0.5) is 5.82 Å². The number of aromatic carboxylic acids is 1. The third-order valence-electron chi connectivity index (χ3n) is 3.19. The van der Waals surface area contributed by atoms with Gasteiger partial charge in [-0.2, -0.15) is 0 Å². The minimum atomic E-state index is -0.938. The second-order valence-corrected chi connectivity index (χ2v) is 4.91. The number of carboxylic acids is 1. The van der Waals surface area contributed by atoms with Gasteiger partial charge in [0.25, 0.3) is 0 Å². The molecule has 0 fully saturated rings. The molecule has 0 unspecified atom stereocenters. The molecule has 21 heavy (non-hydrogen) atoms. The lowest BCUT2D eigenvalue weighted by Crippen LogP contribution is -2.08. The minimum absolute atomic E-state index is 0.258. The van der Waals surface area contributed by atoms with E-state index in [1.165, 1.54) is 0 Å². The van der Waals surface area contributed by atoms with Crippen molar-refractivity contribution < 1.29 is 9.90 Å². The monoisotopic (exact) mass is 285 g/mol. The zero-order chi connectivity index (χ0) is 15.2. The molecule has 0 amide bonds. The van der Waals surface area contributed by atoms with Crippen LogP contribution in [0.5, 0.6) is 0 Å². The number of carbonyl (C=O) groups is 1. The zero-order valence-electron chi connectivity index (χ0n) is 12.3. The van der Waals surface area contributed by atoms with Gasteiger partial charge >= 0.3 is 5.97 Å². The predicted molar refractivity (Wildman–Crippen MR) is 81.5 cm³/mol. The summed E-state index contributed by atoms with van der Waals surface area (Å²) in [6.07, 6.45) is 3.43. The van der Waals surface area contributed by atoms with Crippen LogP contribution in [-0.4, -0.2) is 21.0 Å². The van der Waals surface area contributed by atoms with E-state index >= 15 is 0 Å². The van der Waals surface area contributed by atoms with Crippen molar-refractivity contribution in [1.82, 2.24) is 9.97 Å². The Morgan fingerprint density at radius 2 is 2.19 bits per heavy atom. The van der Waals surface area contributed by atoms with Gasteiger partial charge in [-0.15, -0.1) is 0 Å². The molecule has 0 spiro atoms. The Morgan fingerprint density at radius 3 is 2.86 bits per heavy atom. The first kappa shape index (κ1) is 15.0. The highest BCUT2D eigenvalue weighted by molar-refractivity contribution is 5.88. The lowest BCUT2D eigenvalue weighted by Gasteiger charge is -2.10. The summed E-state index contributed by atoms with van der Waals surface area (Å²) in [5.41, 5.74) is 3.07. The molecule has 2 aromatic heterocycles. The number of hydrogen-bond acceptors (Lipinski definition) is 4. The molecular formula is C16H19N3O2. The Morgan fingerprint density at radius 1 is 1.38 bits per heavy atom. The van der Waals surface area contributed by atoms with Crippen molar-refractivity contribution in [3.63, 3.8) is 0 Å². The lowest BCUT2D eigenvalue weighted by molar-refractivity contribution is 0.0696. The zero-order valence-corrected chi connectivity index (χ0v) is 12.3. The number of carboxylic acid groups (broad SMARTS) is 1. The fourth-order valence-electron chi connectivity index (χ4n) is 2.06. The Balaban J connectivity index is 2.19. The fraction of sp³-hybridized carbons (Fsp3) is 0.312. The van der Waals surface area contributed by atoms with E-state index < -0.39 is 5.97 Å². The van der Waals surface area contributed by atoms with E-state index in [9.17, 15) is 4.79 Å². The highest BCUT2D eigenvalue weighted by Crippen LogP contribution is 2.14. The van der Waals surface area contributed by atoms with Gasteiger partial charge in [-0.25, -0.2) is 9.78 Å². The molecule has 2 heterocycles. The van der Waals surface area contributed by atoms with Gasteiger partial charge in [-0.3, -0.25) is 4.98 Å². The molecule has 5 heteroatoms. The van der Waals surface area contributed by atoms with E-state index in [1.54, 1.807) is 18.3 Å². The van der Waals surface area contributed by atoms with Gasteiger partial charge in [0.05, 0.1) is 17.8 Å². The summed E-state index contributed by atoms with van der Waals surface area (Å²) in [5, 5.41) is 12.3. The van der Waals surface area contributed by atoms with E-state index in [4.69, 9.17) is 5.11 Å². The summed E-state index contributed by atoms with van der Waals surface area (Å²) in [7, 11) is 0. The average Bonchev–Trinajstić information content (AvgIpc) is 2.46. The molecule has 0 bridgehead atoms. The molecule has 0 radical (unpaired) electrons. The second-order valence-electron chi connectivity index (χ2n) is 4.91. The SMILES string of the molecule is CCCc1cc(C(=O)O)cc(NCc2ncccc2C)n1. The number of nitrogens with one attached hydrogen (secondary N) is 1. The van der Waals surface area contributed by atoms with Crippen molar-refractivity contribution in [2.75, 3.05) is 5.32 Å². The first-order valence-corrected chi connectivity index (χ1v) is 6.98. The van der Waals surface area contributed by atoms with E-state index in [2.05, 4.69) is 15.3 Å². The third kappa shape index (κ3) is 4.02. The molecule has 0 saturated carbocycles. The summed E-state index contributed by atoms with van der Waals surface area (Å²) in [4.78, 5) is 19.9. The van der Waals surface area contributed by atoms with E-state index in [1.807, 2.05) is 26.0 Å². The summed E-state index contributed by atoms with van der Waals surface area (Å²) >= 11 is 0. The van der Waals surface area contributed by atoms with Crippen molar-refractivity contribution in [3.05, 3.63) is 53.0 Å². The lowest BCUT2D eigenvalue weighted by atomic mass is 10.1. The maximum atomic E-state index is 11.2. The van der Waals surface area contributed by atoms with Crippen LogP contribution >= 0.6 is 0 Å². The fourth-order valence-corrected chi connectivity index (χ4v) is 2.06. The Hall–Kier alpha value is -2.43. The largest absolute Gasteiger partial charge is 0.478 e. The van der Waals surface area contributed by atoms with Crippen LogP contribution in [0.2, 0.25) is 0 Å². The van der Waals surface area contributed by atoms with Gasteiger partial charge < -0.3 is 10.4 Å². The van der Waals surface area contributed by atoms with Gasteiger partial charge in [-0.1, -0.05) is 19.4 Å². The normalized spacial score (nSPS) is 10.4. The van der Waals surface area contributed by atoms with E-state index in [-0.39, 0.29) is 5.56 Å². The first-order chi connectivity index (χ1) is 10.1. The summed E-state index contributed by atoms with van der Waals surface area (Å²) in [6.45, 7) is 4.56. The van der Waals surface area contributed by atoms with Gasteiger partial charge in [0.2, 0.25) is 0 Å². The van der Waals surface area contributed by atoms with Crippen molar-refractivity contribution in [2.24, 2.45) is 0 Å². The molecule has 2 aromatic rings. The number of aromatic nitrogens is 2. The van der Waals surface area contributed by atoms with Crippen LogP contribution in [0.25, 0.3) is 0 Å². The topological polar surface area (TPSA) is 75.1 Å². The van der Waals surface area contributed by atoms with Gasteiger partial charge in [0.1, 0.15) is 5.82 Å². The van der Waals surface area contributed by atoms with E-state index in [0.29, 0.717) is 12.4 Å². The quantitative estimate of drug-likeness (QED) is 0.853. The van der Waals surface area contributed by atoms with Crippen molar-refractivity contribution in [1.29, 1.82) is 0 Å². The van der Waals surface area contributed by atoms with Gasteiger partial charge in [0.15, 0.2) is 0 Å². The van der Waals surface area contributed by atoms with Crippen molar-refractivity contribution in [3.8, 4) is 0 Å². The number of nitrogens with zero attached hydrogens (tertiary/aromatic N) is 2. The first-order valence-electron chi connectivity index (χ1n) is 6.98.